The minimum Gasteiger partial charge on any atom is -0.496 e. The van der Waals surface area contributed by atoms with Gasteiger partial charge in [0.15, 0.2) is 11.5 Å². The van der Waals surface area contributed by atoms with Crippen molar-refractivity contribution in [1.29, 1.82) is 0 Å². The van der Waals surface area contributed by atoms with Crippen LogP contribution in [0.2, 0.25) is 0 Å². The van der Waals surface area contributed by atoms with Crippen LogP contribution in [-0.2, 0) is 26.0 Å². The van der Waals surface area contributed by atoms with Gasteiger partial charge >= 0.3 is 5.97 Å². The van der Waals surface area contributed by atoms with Gasteiger partial charge in [0.25, 0.3) is 5.91 Å². The van der Waals surface area contributed by atoms with Gasteiger partial charge in [-0.2, -0.15) is 4.72 Å². The fraction of sp³-hybridized carbons (Fsp3) is 0.314. The Bertz CT molecular complexity index is 1900. The lowest BCUT2D eigenvalue weighted by atomic mass is 9.97. The molecule has 12 heteroatoms. The summed E-state index contributed by atoms with van der Waals surface area (Å²) in [5.74, 6) is 0.463. The Morgan fingerprint density at radius 1 is 0.979 bits per heavy atom. The molecule has 0 saturated carbocycles. The lowest BCUT2D eigenvalue weighted by Gasteiger charge is -2.26. The third-order valence-corrected chi connectivity index (χ3v) is 9.35. The highest BCUT2D eigenvalue weighted by Gasteiger charge is 2.33. The van der Waals surface area contributed by atoms with Crippen molar-refractivity contribution in [3.63, 3.8) is 0 Å². The normalized spacial score (nSPS) is 13.2. The second kappa shape index (κ2) is 13.5. The summed E-state index contributed by atoms with van der Waals surface area (Å²) in [4.78, 5) is 26.8. The molecule has 0 bridgehead atoms. The number of hydrogen-bond donors (Lipinski definition) is 2. The van der Waals surface area contributed by atoms with Gasteiger partial charge in [0, 0.05) is 30.9 Å². The highest BCUT2D eigenvalue weighted by Crippen LogP contribution is 2.36. The molecule has 2 heterocycles. The number of methoxy groups -OCH3 is 1. The van der Waals surface area contributed by atoms with E-state index < -0.39 is 33.5 Å². The molecule has 248 valence electrons. The second-order valence-electron chi connectivity index (χ2n) is 12.2. The Balaban J connectivity index is 1.44. The van der Waals surface area contributed by atoms with Gasteiger partial charge in [-0.25, -0.2) is 8.42 Å². The first-order valence-corrected chi connectivity index (χ1v) is 16.6. The fourth-order valence-corrected chi connectivity index (χ4v) is 7.19. The number of carbonyl (C=O) groups excluding carboxylic acids is 2. The minimum absolute atomic E-state index is 0.00637. The van der Waals surface area contributed by atoms with Crippen LogP contribution >= 0.6 is 0 Å². The van der Waals surface area contributed by atoms with Crippen molar-refractivity contribution in [1.82, 2.24) is 14.6 Å². The molecular weight excluding hydrogens is 622 g/mol. The van der Waals surface area contributed by atoms with Gasteiger partial charge in [-0.3, -0.25) is 9.59 Å². The number of nitrogens with one attached hydrogen (secondary N) is 2. The number of hydrogen-bond acceptors (Lipinski definition) is 8. The number of sulfonamides is 1. The second-order valence-corrected chi connectivity index (χ2v) is 13.9. The molecule has 3 aromatic carbocycles. The number of nitrogens with zero attached hydrogens (tertiary/aromatic N) is 1. The first-order chi connectivity index (χ1) is 22.3. The zero-order chi connectivity index (χ0) is 33.9. The monoisotopic (exact) mass is 661 g/mol. The molecule has 0 radical (unpaired) electrons. The summed E-state index contributed by atoms with van der Waals surface area (Å²) in [6.45, 7) is 8.20. The number of benzene rings is 3. The summed E-state index contributed by atoms with van der Waals surface area (Å²) in [5.41, 5.74) is 2.48. The van der Waals surface area contributed by atoms with Crippen molar-refractivity contribution in [3.8, 4) is 22.9 Å². The number of aromatic nitrogens is 1. The van der Waals surface area contributed by atoms with E-state index in [1.165, 1.54) is 7.11 Å². The summed E-state index contributed by atoms with van der Waals surface area (Å²) in [5, 5.41) is 2.73. The molecule has 0 saturated heterocycles. The van der Waals surface area contributed by atoms with Gasteiger partial charge < -0.3 is 28.8 Å². The lowest BCUT2D eigenvalue weighted by Crippen LogP contribution is -2.50. The molecule has 1 amide bonds. The molecule has 11 nitrogen and oxygen atoms in total. The highest BCUT2D eigenvalue weighted by atomic mass is 32.2. The number of amides is 1. The van der Waals surface area contributed by atoms with E-state index >= 15 is 0 Å². The molecule has 5 rings (SSSR count). The Labute approximate surface area is 274 Å². The molecule has 4 aromatic rings. The van der Waals surface area contributed by atoms with Gasteiger partial charge in [0.2, 0.25) is 16.8 Å². The zero-order valence-electron chi connectivity index (χ0n) is 27.2. The van der Waals surface area contributed by atoms with Crippen LogP contribution in [0.25, 0.3) is 5.69 Å². The molecular formula is C35H39N3O8S. The smallest absolute Gasteiger partial charge is 0.326 e. The number of carbonyl (C=O) groups is 2. The molecule has 0 aliphatic carbocycles. The Kier molecular flexibility index (Phi) is 9.64. The van der Waals surface area contributed by atoms with E-state index in [1.807, 2.05) is 48.8 Å². The molecule has 0 fully saturated rings. The number of rotatable bonds is 11. The SMILES string of the molecule is COc1cc(C)c(S(=O)(=O)N[C@H](CNC(=O)c2ccccc2-n2cccc2)C(=O)OC(C)(C)C)c(C)c1Cc1ccc2c(c1)OCO2. The average Bonchev–Trinajstić information content (AvgIpc) is 3.72. The van der Waals surface area contributed by atoms with Crippen molar-refractivity contribution in [2.24, 2.45) is 0 Å². The summed E-state index contributed by atoms with van der Waals surface area (Å²) in [6.07, 6.45) is 3.97. The Hall–Kier alpha value is -4.81. The van der Waals surface area contributed by atoms with E-state index in [2.05, 4.69) is 10.0 Å². The first-order valence-electron chi connectivity index (χ1n) is 15.1. The van der Waals surface area contributed by atoms with Gasteiger partial charge in [-0.15, -0.1) is 0 Å². The molecule has 47 heavy (non-hydrogen) atoms. The zero-order valence-corrected chi connectivity index (χ0v) is 28.1. The van der Waals surface area contributed by atoms with Crippen LogP contribution in [0.5, 0.6) is 17.2 Å². The lowest BCUT2D eigenvalue weighted by molar-refractivity contribution is -0.156. The molecule has 1 aromatic heterocycles. The number of fused-ring (bicyclic) bond motifs is 1. The predicted molar refractivity (Wildman–Crippen MR) is 176 cm³/mol. The molecule has 2 N–H and O–H groups in total. The Morgan fingerprint density at radius 3 is 2.38 bits per heavy atom. The predicted octanol–water partition coefficient (Wildman–Crippen LogP) is 4.84. The molecule has 1 aliphatic rings. The molecule has 1 atom stereocenters. The van der Waals surface area contributed by atoms with Crippen LogP contribution in [-0.4, -0.2) is 57.0 Å². The highest BCUT2D eigenvalue weighted by molar-refractivity contribution is 7.89. The molecule has 0 spiro atoms. The number of ether oxygens (including phenoxy) is 4. The van der Waals surface area contributed by atoms with E-state index in [-0.39, 0.29) is 18.2 Å². The number of esters is 1. The van der Waals surface area contributed by atoms with Crippen LogP contribution in [0.15, 0.2) is 78.0 Å². The van der Waals surface area contributed by atoms with Crippen molar-refractivity contribution in [2.75, 3.05) is 20.4 Å². The minimum atomic E-state index is -4.33. The van der Waals surface area contributed by atoms with E-state index in [9.17, 15) is 18.0 Å². The summed E-state index contributed by atoms with van der Waals surface area (Å²) in [7, 11) is -2.81. The maximum absolute atomic E-state index is 14.1. The van der Waals surface area contributed by atoms with Gasteiger partial charge in [-0.1, -0.05) is 18.2 Å². The van der Waals surface area contributed by atoms with Crippen LogP contribution in [0.3, 0.4) is 0 Å². The topological polar surface area (TPSA) is 134 Å². The van der Waals surface area contributed by atoms with Crippen molar-refractivity contribution >= 4 is 21.9 Å². The van der Waals surface area contributed by atoms with Crippen LogP contribution in [0.1, 0.15) is 53.4 Å². The Morgan fingerprint density at radius 2 is 1.68 bits per heavy atom. The first kappa shape index (κ1) is 33.6. The van der Waals surface area contributed by atoms with Crippen molar-refractivity contribution in [2.45, 2.75) is 57.6 Å². The summed E-state index contributed by atoms with van der Waals surface area (Å²) >= 11 is 0. The van der Waals surface area contributed by atoms with Crippen LogP contribution in [0.4, 0.5) is 0 Å². The number of para-hydroxylation sites is 1. The summed E-state index contributed by atoms with van der Waals surface area (Å²) < 4.78 is 54.7. The third kappa shape index (κ3) is 7.61. The van der Waals surface area contributed by atoms with Gasteiger partial charge in [0.1, 0.15) is 17.4 Å². The van der Waals surface area contributed by atoms with E-state index in [4.69, 9.17) is 18.9 Å². The molecule has 0 unspecified atom stereocenters. The van der Waals surface area contributed by atoms with Crippen molar-refractivity contribution < 1.29 is 37.0 Å². The van der Waals surface area contributed by atoms with Crippen LogP contribution < -0.4 is 24.2 Å². The average molecular weight is 662 g/mol. The van der Waals surface area contributed by atoms with Crippen LogP contribution in [0, 0.1) is 13.8 Å². The maximum atomic E-state index is 14.1. The van der Waals surface area contributed by atoms with E-state index in [1.54, 1.807) is 63.5 Å². The fourth-order valence-electron chi connectivity index (χ4n) is 5.51. The van der Waals surface area contributed by atoms with E-state index in [0.717, 1.165) is 5.56 Å². The summed E-state index contributed by atoms with van der Waals surface area (Å²) in [6, 6.07) is 16.4. The molecule has 1 aliphatic heterocycles. The maximum Gasteiger partial charge on any atom is 0.326 e. The standard InChI is InChI=1S/C35H39N3O8S/c1-22-17-30(43-6)26(18-24-13-14-29-31(19-24)45-21-44-29)23(2)32(22)47(41,42)37-27(34(40)46-35(3,4)5)20-36-33(39)25-11-7-8-12-28(25)38-15-9-10-16-38/h7-17,19,27,37H,18,20-21H2,1-6H3,(H,36,39)/t27-/m1/s1. The largest absolute Gasteiger partial charge is 0.496 e. The van der Waals surface area contributed by atoms with E-state index in [0.29, 0.717) is 51.6 Å². The van der Waals surface area contributed by atoms with Gasteiger partial charge in [0.05, 0.1) is 23.3 Å². The van der Waals surface area contributed by atoms with Crippen molar-refractivity contribution in [3.05, 3.63) is 101 Å². The number of aryl methyl sites for hydroxylation is 1. The third-order valence-electron chi connectivity index (χ3n) is 7.59. The van der Waals surface area contributed by atoms with Gasteiger partial charge in [-0.05, 0) is 93.8 Å². The quantitative estimate of drug-likeness (QED) is 0.218.